The average Bonchev–Trinajstić information content (AvgIpc) is 2.26. The number of hydrogen-bond donors (Lipinski definition) is 1. The zero-order valence-corrected chi connectivity index (χ0v) is 13.1. The molecule has 1 N–H and O–H groups in total. The van der Waals surface area contributed by atoms with Gasteiger partial charge >= 0.3 is 0 Å². The van der Waals surface area contributed by atoms with Crippen LogP contribution in [-0.4, -0.2) is 21.4 Å². The Hall–Kier alpha value is -1.40. The predicted molar refractivity (Wildman–Crippen MR) is 76.6 cm³/mol. The Kier molecular flexibility index (Phi) is 5.30. The number of carbonyl (C=O) groups is 1. The van der Waals surface area contributed by atoms with Crippen LogP contribution < -0.4 is 4.72 Å². The molecule has 0 radical (unpaired) electrons. The number of benzene rings is 1. The summed E-state index contributed by atoms with van der Waals surface area (Å²) < 4.78 is 31.1. The molecule has 1 rings (SSSR count). The Labute approximate surface area is 120 Å². The Morgan fingerprint density at radius 2 is 1.75 bits per heavy atom. The maximum Gasteiger partial charge on any atom is 0.264 e. The molecule has 1 amide bonds. The molecule has 1 aromatic rings. The quantitative estimate of drug-likeness (QED) is 0.903. The van der Waals surface area contributed by atoms with Crippen molar-refractivity contribution in [3.05, 3.63) is 29.8 Å². The third kappa shape index (κ3) is 5.30. The predicted octanol–water partition coefficient (Wildman–Crippen LogP) is 2.07. The van der Waals surface area contributed by atoms with Crippen molar-refractivity contribution in [3.63, 3.8) is 0 Å². The number of hydrogen-bond acceptors (Lipinski definition) is 4. The number of sulfonamides is 1. The van der Waals surface area contributed by atoms with Crippen molar-refractivity contribution in [2.24, 2.45) is 5.41 Å². The van der Waals surface area contributed by atoms with E-state index in [9.17, 15) is 13.2 Å². The summed E-state index contributed by atoms with van der Waals surface area (Å²) in [4.78, 5) is 11.8. The molecule has 0 fully saturated rings. The molecular formula is C14H21NO4S. The van der Waals surface area contributed by atoms with Crippen LogP contribution in [0.2, 0.25) is 0 Å². The number of ether oxygens (including phenoxy) is 1. The highest BCUT2D eigenvalue weighted by atomic mass is 32.2. The van der Waals surface area contributed by atoms with Gasteiger partial charge in [-0.3, -0.25) is 4.79 Å². The van der Waals surface area contributed by atoms with Gasteiger partial charge in [-0.15, -0.1) is 0 Å². The fourth-order valence-electron chi connectivity index (χ4n) is 1.66. The van der Waals surface area contributed by atoms with Gasteiger partial charge in [-0.25, -0.2) is 13.1 Å². The van der Waals surface area contributed by atoms with Gasteiger partial charge in [0.1, 0.15) is 0 Å². The van der Waals surface area contributed by atoms with E-state index in [0.29, 0.717) is 6.61 Å². The minimum absolute atomic E-state index is 0.0691. The van der Waals surface area contributed by atoms with Crippen LogP contribution in [0.5, 0.6) is 0 Å². The van der Waals surface area contributed by atoms with E-state index in [-0.39, 0.29) is 16.7 Å². The van der Waals surface area contributed by atoms with Crippen LogP contribution in [0.3, 0.4) is 0 Å². The van der Waals surface area contributed by atoms with Crippen molar-refractivity contribution in [1.29, 1.82) is 0 Å². The van der Waals surface area contributed by atoms with E-state index < -0.39 is 15.9 Å². The maximum absolute atomic E-state index is 12.0. The largest absolute Gasteiger partial charge is 0.380 e. The van der Waals surface area contributed by atoms with E-state index in [1.54, 1.807) is 19.2 Å². The molecule has 0 aromatic heterocycles. The van der Waals surface area contributed by atoms with Gasteiger partial charge in [0.2, 0.25) is 5.91 Å². The first kappa shape index (κ1) is 16.7. The maximum atomic E-state index is 12.0. The first-order chi connectivity index (χ1) is 9.14. The average molecular weight is 299 g/mol. The summed E-state index contributed by atoms with van der Waals surface area (Å²) in [6.07, 6.45) is 0.147. The van der Waals surface area contributed by atoms with Crippen LogP contribution in [0, 0.1) is 5.41 Å². The number of carbonyl (C=O) groups excluding carboxylic acids is 1. The van der Waals surface area contributed by atoms with Gasteiger partial charge < -0.3 is 4.74 Å². The van der Waals surface area contributed by atoms with Crippen LogP contribution in [0.4, 0.5) is 0 Å². The monoisotopic (exact) mass is 299 g/mol. The zero-order valence-electron chi connectivity index (χ0n) is 12.3. The Balaban J connectivity index is 2.81. The SMILES string of the molecule is COCc1ccc(S(=O)(=O)NC(=O)CC(C)(C)C)cc1. The fourth-order valence-corrected chi connectivity index (χ4v) is 2.64. The van der Waals surface area contributed by atoms with E-state index in [1.165, 1.54) is 12.1 Å². The van der Waals surface area contributed by atoms with E-state index in [2.05, 4.69) is 4.72 Å². The molecule has 0 aliphatic carbocycles. The van der Waals surface area contributed by atoms with Crippen LogP contribution in [0.1, 0.15) is 32.8 Å². The standard InChI is InChI=1S/C14H21NO4S/c1-14(2,3)9-13(16)15-20(17,18)12-7-5-11(6-8-12)10-19-4/h5-8H,9-10H2,1-4H3,(H,15,16). The second-order valence-corrected chi connectivity index (χ2v) is 7.53. The number of nitrogens with one attached hydrogen (secondary N) is 1. The zero-order chi connectivity index (χ0) is 15.4. The molecule has 0 aliphatic rings. The van der Waals surface area contributed by atoms with Crippen molar-refractivity contribution in [2.75, 3.05) is 7.11 Å². The van der Waals surface area contributed by atoms with Gasteiger partial charge in [0.15, 0.2) is 0 Å². The molecule has 0 atom stereocenters. The van der Waals surface area contributed by atoms with Crippen LogP contribution in [-0.2, 0) is 26.2 Å². The Bertz CT molecular complexity index is 556. The lowest BCUT2D eigenvalue weighted by atomic mass is 9.92. The summed E-state index contributed by atoms with van der Waals surface area (Å²) in [5.41, 5.74) is 0.606. The van der Waals surface area contributed by atoms with E-state index in [4.69, 9.17) is 4.74 Å². The summed E-state index contributed by atoms with van der Waals surface area (Å²) in [5.74, 6) is -0.501. The number of rotatable bonds is 5. The molecule has 0 saturated carbocycles. The molecule has 0 aliphatic heterocycles. The first-order valence-electron chi connectivity index (χ1n) is 6.27. The van der Waals surface area contributed by atoms with E-state index >= 15 is 0 Å². The van der Waals surface area contributed by atoms with Crippen molar-refractivity contribution in [3.8, 4) is 0 Å². The topological polar surface area (TPSA) is 72.5 Å². The molecule has 0 saturated heterocycles. The number of amides is 1. The molecule has 1 aromatic carbocycles. The minimum Gasteiger partial charge on any atom is -0.380 e. The van der Waals surface area contributed by atoms with E-state index in [1.807, 2.05) is 20.8 Å². The fraction of sp³-hybridized carbons (Fsp3) is 0.500. The molecule has 0 bridgehead atoms. The summed E-state index contributed by atoms with van der Waals surface area (Å²) in [6, 6.07) is 6.24. The van der Waals surface area contributed by atoms with Crippen molar-refractivity contribution in [1.82, 2.24) is 4.72 Å². The van der Waals surface area contributed by atoms with Gasteiger partial charge in [-0.2, -0.15) is 0 Å². The minimum atomic E-state index is -3.80. The van der Waals surface area contributed by atoms with Gasteiger partial charge in [0, 0.05) is 13.5 Å². The molecule has 0 unspecified atom stereocenters. The van der Waals surface area contributed by atoms with Gasteiger partial charge in [-0.05, 0) is 23.1 Å². The second-order valence-electron chi connectivity index (χ2n) is 5.84. The Morgan fingerprint density at radius 3 is 2.20 bits per heavy atom. The van der Waals surface area contributed by atoms with Crippen LogP contribution >= 0.6 is 0 Å². The molecule has 112 valence electrons. The third-order valence-electron chi connectivity index (χ3n) is 2.48. The highest BCUT2D eigenvalue weighted by Crippen LogP contribution is 2.19. The van der Waals surface area contributed by atoms with Crippen molar-refractivity contribution >= 4 is 15.9 Å². The second kappa shape index (κ2) is 6.37. The first-order valence-corrected chi connectivity index (χ1v) is 7.76. The highest BCUT2D eigenvalue weighted by molar-refractivity contribution is 7.90. The lowest BCUT2D eigenvalue weighted by Gasteiger charge is -2.17. The van der Waals surface area contributed by atoms with Crippen molar-refractivity contribution in [2.45, 2.75) is 38.7 Å². The number of methoxy groups -OCH3 is 1. The van der Waals surface area contributed by atoms with Gasteiger partial charge in [0.25, 0.3) is 10.0 Å². The van der Waals surface area contributed by atoms with E-state index in [0.717, 1.165) is 5.56 Å². The molecule has 0 spiro atoms. The molecule has 0 heterocycles. The van der Waals surface area contributed by atoms with Gasteiger partial charge in [-0.1, -0.05) is 32.9 Å². The molecule has 6 heteroatoms. The summed E-state index contributed by atoms with van der Waals surface area (Å²) in [6.45, 7) is 6.03. The van der Waals surface area contributed by atoms with Crippen molar-refractivity contribution < 1.29 is 17.9 Å². The Morgan fingerprint density at radius 1 is 1.20 bits per heavy atom. The normalized spacial score (nSPS) is 12.2. The van der Waals surface area contributed by atoms with Crippen LogP contribution in [0.25, 0.3) is 0 Å². The summed E-state index contributed by atoms with van der Waals surface area (Å²) in [7, 11) is -2.24. The lowest BCUT2D eigenvalue weighted by Crippen LogP contribution is -2.33. The summed E-state index contributed by atoms with van der Waals surface area (Å²) in [5, 5.41) is 0. The molecule has 5 nitrogen and oxygen atoms in total. The highest BCUT2D eigenvalue weighted by Gasteiger charge is 2.21. The third-order valence-corrected chi connectivity index (χ3v) is 3.87. The smallest absolute Gasteiger partial charge is 0.264 e. The van der Waals surface area contributed by atoms with Crippen LogP contribution in [0.15, 0.2) is 29.2 Å². The van der Waals surface area contributed by atoms with Gasteiger partial charge in [0.05, 0.1) is 11.5 Å². The lowest BCUT2D eigenvalue weighted by molar-refractivity contribution is -0.121. The summed E-state index contributed by atoms with van der Waals surface area (Å²) >= 11 is 0. The molecular weight excluding hydrogens is 278 g/mol. The molecule has 20 heavy (non-hydrogen) atoms.